The van der Waals surface area contributed by atoms with Crippen LogP contribution < -0.4 is 10.5 Å². The zero-order valence-corrected chi connectivity index (χ0v) is 10.7. The highest BCUT2D eigenvalue weighted by atomic mass is 16.5. The van der Waals surface area contributed by atoms with Crippen molar-refractivity contribution in [2.75, 3.05) is 25.9 Å². The summed E-state index contributed by atoms with van der Waals surface area (Å²) in [4.78, 5) is 2.38. The van der Waals surface area contributed by atoms with Gasteiger partial charge in [-0.3, -0.25) is 0 Å². The average molecular weight is 234 g/mol. The molecule has 17 heavy (non-hydrogen) atoms. The minimum absolute atomic E-state index is 0.685. The fraction of sp³-hybridized carbons (Fsp3) is 0.571. The Labute approximate surface area is 104 Å². The van der Waals surface area contributed by atoms with Gasteiger partial charge in [-0.05, 0) is 57.0 Å². The molecule has 0 amide bonds. The van der Waals surface area contributed by atoms with Crippen molar-refractivity contribution in [1.82, 2.24) is 4.90 Å². The van der Waals surface area contributed by atoms with E-state index in [1.54, 1.807) is 0 Å². The summed E-state index contributed by atoms with van der Waals surface area (Å²) in [6.07, 6.45) is 2.79. The molecule has 0 bridgehead atoms. The van der Waals surface area contributed by atoms with Gasteiger partial charge in [0.25, 0.3) is 0 Å². The van der Waals surface area contributed by atoms with E-state index in [1.165, 1.54) is 12.8 Å². The Balaban J connectivity index is 1.69. The first-order valence-corrected chi connectivity index (χ1v) is 6.35. The maximum atomic E-state index is 5.68. The van der Waals surface area contributed by atoms with E-state index >= 15 is 0 Å². The second-order valence-corrected chi connectivity index (χ2v) is 4.98. The highest BCUT2D eigenvalue weighted by Gasteiger charge is 2.30. The Morgan fingerprint density at radius 3 is 2.59 bits per heavy atom. The van der Waals surface area contributed by atoms with Crippen LogP contribution in [0.3, 0.4) is 0 Å². The van der Waals surface area contributed by atoms with Gasteiger partial charge in [0.05, 0.1) is 0 Å². The van der Waals surface area contributed by atoms with E-state index in [2.05, 4.69) is 18.9 Å². The minimum Gasteiger partial charge on any atom is -0.492 e. The molecule has 0 aliphatic heterocycles. The predicted molar refractivity (Wildman–Crippen MR) is 71.2 cm³/mol. The Bertz CT molecular complexity index is 346. The van der Waals surface area contributed by atoms with Crippen LogP contribution in [0.2, 0.25) is 0 Å². The Kier molecular flexibility index (Phi) is 3.89. The van der Waals surface area contributed by atoms with Gasteiger partial charge in [-0.2, -0.15) is 0 Å². The fourth-order valence-corrected chi connectivity index (χ4v) is 2.01. The number of nitrogen functional groups attached to an aromatic ring is 1. The molecule has 1 fully saturated rings. The molecule has 1 saturated carbocycles. The summed E-state index contributed by atoms with van der Waals surface area (Å²) in [5.41, 5.74) is 6.39. The molecule has 3 heteroatoms. The maximum Gasteiger partial charge on any atom is 0.119 e. The lowest BCUT2D eigenvalue weighted by molar-refractivity contribution is 0.186. The molecule has 1 aliphatic carbocycles. The van der Waals surface area contributed by atoms with Crippen LogP contribution in [-0.2, 0) is 0 Å². The van der Waals surface area contributed by atoms with Crippen LogP contribution in [0, 0.1) is 5.92 Å². The zero-order chi connectivity index (χ0) is 12.3. The van der Waals surface area contributed by atoms with E-state index in [1.807, 2.05) is 24.3 Å². The minimum atomic E-state index is 0.685. The molecule has 0 aromatic heterocycles. The third-order valence-electron chi connectivity index (χ3n) is 3.59. The molecule has 1 unspecified atom stereocenters. The average Bonchev–Trinajstić information content (AvgIpc) is 3.14. The number of nitrogens with two attached hydrogens (primary N) is 1. The molecule has 1 aromatic rings. The van der Waals surface area contributed by atoms with Crippen molar-refractivity contribution in [2.45, 2.75) is 25.8 Å². The van der Waals surface area contributed by atoms with Gasteiger partial charge >= 0.3 is 0 Å². The van der Waals surface area contributed by atoms with Gasteiger partial charge in [-0.1, -0.05) is 0 Å². The van der Waals surface area contributed by atoms with Gasteiger partial charge < -0.3 is 15.4 Å². The summed E-state index contributed by atoms with van der Waals surface area (Å²) in [6.45, 7) is 4.01. The van der Waals surface area contributed by atoms with Crippen LogP contribution in [0.1, 0.15) is 19.8 Å². The first-order chi connectivity index (χ1) is 8.16. The molecule has 1 aliphatic rings. The van der Waals surface area contributed by atoms with Gasteiger partial charge in [-0.15, -0.1) is 0 Å². The second-order valence-electron chi connectivity index (χ2n) is 4.98. The second kappa shape index (κ2) is 5.41. The van der Waals surface area contributed by atoms with E-state index in [4.69, 9.17) is 10.5 Å². The topological polar surface area (TPSA) is 38.5 Å². The molecule has 94 valence electrons. The van der Waals surface area contributed by atoms with Gasteiger partial charge in [-0.25, -0.2) is 0 Å². The van der Waals surface area contributed by atoms with Gasteiger partial charge in [0, 0.05) is 18.3 Å². The molecule has 0 spiro atoms. The first kappa shape index (κ1) is 12.2. The van der Waals surface area contributed by atoms with Crippen molar-refractivity contribution in [1.29, 1.82) is 0 Å². The highest BCUT2D eigenvalue weighted by molar-refractivity contribution is 5.41. The molecule has 3 nitrogen and oxygen atoms in total. The van der Waals surface area contributed by atoms with E-state index in [9.17, 15) is 0 Å². The molecule has 2 N–H and O–H groups in total. The number of nitrogens with zero attached hydrogens (tertiary/aromatic N) is 1. The van der Waals surface area contributed by atoms with Gasteiger partial charge in [0.2, 0.25) is 0 Å². The largest absolute Gasteiger partial charge is 0.492 e. The molecule has 0 radical (unpaired) electrons. The van der Waals surface area contributed by atoms with Crippen LogP contribution in [0.25, 0.3) is 0 Å². The number of hydrogen-bond acceptors (Lipinski definition) is 3. The Hall–Kier alpha value is -1.22. The maximum absolute atomic E-state index is 5.68. The molecule has 1 atom stereocenters. The number of hydrogen-bond donors (Lipinski definition) is 1. The number of likely N-dealkylation sites (N-methyl/N-ethyl adjacent to an activating group) is 1. The lowest BCUT2D eigenvalue weighted by Gasteiger charge is -2.24. The van der Waals surface area contributed by atoms with Crippen molar-refractivity contribution in [2.24, 2.45) is 5.92 Å². The fourth-order valence-electron chi connectivity index (χ4n) is 2.01. The summed E-state index contributed by atoms with van der Waals surface area (Å²) in [6, 6.07) is 8.25. The molecule has 0 saturated heterocycles. The number of ether oxygens (including phenoxy) is 1. The quantitative estimate of drug-likeness (QED) is 0.768. The number of benzene rings is 1. The highest BCUT2D eigenvalue weighted by Crippen LogP contribution is 2.34. The van der Waals surface area contributed by atoms with Crippen molar-refractivity contribution < 1.29 is 4.74 Å². The first-order valence-electron chi connectivity index (χ1n) is 6.35. The summed E-state index contributed by atoms with van der Waals surface area (Å²) < 4.78 is 5.68. The molecular formula is C14H22N2O. The van der Waals surface area contributed by atoms with Gasteiger partial charge in [0.15, 0.2) is 0 Å². The number of anilines is 1. The summed E-state index contributed by atoms with van der Waals surface area (Å²) in [5, 5.41) is 0. The van der Waals surface area contributed by atoms with Crippen LogP contribution >= 0.6 is 0 Å². The smallest absolute Gasteiger partial charge is 0.119 e. The van der Waals surface area contributed by atoms with E-state index in [-0.39, 0.29) is 0 Å². The standard InChI is InChI=1S/C14H22N2O/c1-11(12-3-4-12)16(2)9-10-17-14-7-5-13(15)6-8-14/h5-8,11-12H,3-4,9-10,15H2,1-2H3. The monoisotopic (exact) mass is 234 g/mol. The Morgan fingerprint density at radius 2 is 2.00 bits per heavy atom. The van der Waals surface area contributed by atoms with E-state index < -0.39 is 0 Å². The summed E-state index contributed by atoms with van der Waals surface area (Å²) in [5.74, 6) is 1.81. The lowest BCUT2D eigenvalue weighted by Crippen LogP contribution is -2.34. The van der Waals surface area contributed by atoms with E-state index in [0.29, 0.717) is 6.04 Å². The summed E-state index contributed by atoms with van der Waals surface area (Å²) >= 11 is 0. The van der Waals surface area contributed by atoms with Gasteiger partial charge in [0.1, 0.15) is 12.4 Å². The third-order valence-corrected chi connectivity index (χ3v) is 3.59. The van der Waals surface area contributed by atoms with Crippen LogP contribution in [0.5, 0.6) is 5.75 Å². The van der Waals surface area contributed by atoms with Crippen molar-refractivity contribution in [3.8, 4) is 5.75 Å². The molecule has 1 aromatic carbocycles. The third kappa shape index (κ3) is 3.63. The zero-order valence-electron chi connectivity index (χ0n) is 10.7. The van der Waals surface area contributed by atoms with Crippen molar-refractivity contribution in [3.63, 3.8) is 0 Å². The molecular weight excluding hydrogens is 212 g/mol. The van der Waals surface area contributed by atoms with Crippen molar-refractivity contribution in [3.05, 3.63) is 24.3 Å². The molecule has 0 heterocycles. The van der Waals surface area contributed by atoms with Crippen LogP contribution in [-0.4, -0.2) is 31.1 Å². The SMILES string of the molecule is CC(C1CC1)N(C)CCOc1ccc(N)cc1. The molecule has 2 rings (SSSR count). The lowest BCUT2D eigenvalue weighted by atomic mass is 10.2. The summed E-state index contributed by atoms with van der Waals surface area (Å²) in [7, 11) is 2.18. The van der Waals surface area contributed by atoms with Crippen molar-refractivity contribution >= 4 is 5.69 Å². The normalized spacial score (nSPS) is 17.1. The predicted octanol–water partition coefficient (Wildman–Crippen LogP) is 2.38. The number of rotatable bonds is 6. The van der Waals surface area contributed by atoms with E-state index in [0.717, 1.165) is 30.5 Å². The Morgan fingerprint density at radius 1 is 1.35 bits per heavy atom. The van der Waals surface area contributed by atoms with Crippen LogP contribution in [0.4, 0.5) is 5.69 Å². The van der Waals surface area contributed by atoms with Crippen LogP contribution in [0.15, 0.2) is 24.3 Å².